The maximum atomic E-state index is 13.4. The third-order valence-corrected chi connectivity index (χ3v) is 5.86. The van der Waals surface area contributed by atoms with E-state index >= 15 is 0 Å². The number of hydrogen-bond donors (Lipinski definition) is 1. The van der Waals surface area contributed by atoms with Crippen molar-refractivity contribution in [2.24, 2.45) is 0 Å². The van der Waals surface area contributed by atoms with Crippen LogP contribution in [0.15, 0.2) is 72.4 Å². The van der Waals surface area contributed by atoms with Gasteiger partial charge in [-0.15, -0.1) is 0 Å². The van der Waals surface area contributed by atoms with E-state index in [0.717, 1.165) is 5.56 Å². The number of Topliss-reactive ketones (excluding diaryl/α,β-unsaturated/α-hetero) is 1. The van der Waals surface area contributed by atoms with Crippen LogP contribution in [0.25, 0.3) is 5.76 Å². The molecule has 0 saturated carbocycles. The molecule has 36 heavy (non-hydrogen) atoms. The molecule has 1 aliphatic rings. The zero-order chi connectivity index (χ0) is 25.7. The summed E-state index contributed by atoms with van der Waals surface area (Å²) in [6.45, 7) is 4.57. The predicted molar refractivity (Wildman–Crippen MR) is 134 cm³/mol. The summed E-state index contributed by atoms with van der Waals surface area (Å²) in [5.74, 6) is -0.370. The first-order valence-electron chi connectivity index (χ1n) is 11.7. The van der Waals surface area contributed by atoms with Crippen LogP contribution in [0.2, 0.25) is 0 Å². The fourth-order valence-corrected chi connectivity index (χ4v) is 4.28. The number of benzene rings is 2. The van der Waals surface area contributed by atoms with Crippen LogP contribution in [-0.4, -0.2) is 47.0 Å². The molecule has 2 aromatic carbocycles. The van der Waals surface area contributed by atoms with Crippen molar-refractivity contribution >= 4 is 17.4 Å². The van der Waals surface area contributed by atoms with Gasteiger partial charge in [0.15, 0.2) is 0 Å². The minimum Gasteiger partial charge on any atom is -0.507 e. The van der Waals surface area contributed by atoms with Crippen LogP contribution in [0.4, 0.5) is 0 Å². The van der Waals surface area contributed by atoms with Crippen molar-refractivity contribution in [3.8, 4) is 17.2 Å². The molecule has 1 unspecified atom stereocenters. The number of aliphatic hydroxyl groups is 1. The van der Waals surface area contributed by atoms with E-state index in [1.165, 1.54) is 4.90 Å². The third kappa shape index (κ3) is 4.75. The van der Waals surface area contributed by atoms with E-state index < -0.39 is 17.7 Å². The van der Waals surface area contributed by atoms with Crippen LogP contribution in [0, 0.1) is 0 Å². The summed E-state index contributed by atoms with van der Waals surface area (Å²) in [5.41, 5.74) is 1.41. The highest BCUT2D eigenvalue weighted by molar-refractivity contribution is 6.46. The number of ketones is 1. The van der Waals surface area contributed by atoms with Gasteiger partial charge >= 0.3 is 0 Å². The van der Waals surface area contributed by atoms with Gasteiger partial charge in [-0.2, -0.15) is 0 Å². The second kappa shape index (κ2) is 10.9. The maximum absolute atomic E-state index is 13.4. The van der Waals surface area contributed by atoms with Gasteiger partial charge in [-0.1, -0.05) is 24.3 Å². The SMILES string of the molecule is CCOc1ccc(/C(O)=C2/C(=O)C(=O)N(Cc3ccccc3OC)C2c2ccccn2)c(OCC)c1. The summed E-state index contributed by atoms with van der Waals surface area (Å²) >= 11 is 0. The normalized spacial score (nSPS) is 16.8. The Labute approximate surface area is 209 Å². The first kappa shape index (κ1) is 24.8. The van der Waals surface area contributed by atoms with Crippen molar-refractivity contribution in [3.63, 3.8) is 0 Å². The molecule has 8 heteroatoms. The molecule has 1 saturated heterocycles. The third-order valence-electron chi connectivity index (χ3n) is 5.86. The number of carbonyl (C=O) groups is 2. The zero-order valence-corrected chi connectivity index (χ0v) is 20.4. The number of nitrogens with zero attached hydrogens (tertiary/aromatic N) is 2. The number of hydrogen-bond acceptors (Lipinski definition) is 7. The molecule has 1 aliphatic heterocycles. The van der Waals surface area contributed by atoms with Crippen molar-refractivity contribution in [1.29, 1.82) is 0 Å². The smallest absolute Gasteiger partial charge is 0.296 e. The van der Waals surface area contributed by atoms with Gasteiger partial charge in [0, 0.05) is 17.8 Å². The molecule has 1 fully saturated rings. The molecule has 0 aliphatic carbocycles. The molecule has 1 N–H and O–H groups in total. The van der Waals surface area contributed by atoms with E-state index in [9.17, 15) is 14.7 Å². The van der Waals surface area contributed by atoms with Gasteiger partial charge in [-0.25, -0.2) is 0 Å². The first-order chi connectivity index (χ1) is 17.5. The molecule has 0 bridgehead atoms. The second-order valence-electron chi connectivity index (χ2n) is 8.02. The van der Waals surface area contributed by atoms with E-state index in [4.69, 9.17) is 14.2 Å². The largest absolute Gasteiger partial charge is 0.507 e. The Balaban J connectivity index is 1.87. The van der Waals surface area contributed by atoms with E-state index in [-0.39, 0.29) is 23.4 Å². The van der Waals surface area contributed by atoms with Crippen molar-refractivity contribution in [2.45, 2.75) is 26.4 Å². The number of para-hydroxylation sites is 1. The van der Waals surface area contributed by atoms with Crippen molar-refractivity contribution < 1.29 is 28.9 Å². The summed E-state index contributed by atoms with van der Waals surface area (Å²) in [6, 6.07) is 16.6. The second-order valence-corrected chi connectivity index (χ2v) is 8.02. The molecular weight excluding hydrogens is 460 g/mol. The van der Waals surface area contributed by atoms with E-state index in [2.05, 4.69) is 4.98 Å². The Morgan fingerprint density at radius 3 is 2.42 bits per heavy atom. The van der Waals surface area contributed by atoms with Crippen molar-refractivity contribution in [2.75, 3.05) is 20.3 Å². The number of likely N-dealkylation sites (tertiary alicyclic amines) is 1. The van der Waals surface area contributed by atoms with Crippen LogP contribution in [-0.2, 0) is 16.1 Å². The molecular formula is C28H28N2O6. The van der Waals surface area contributed by atoms with Crippen LogP contribution >= 0.6 is 0 Å². The number of aliphatic hydroxyl groups excluding tert-OH is 1. The van der Waals surface area contributed by atoms with E-state index in [1.807, 2.05) is 32.0 Å². The van der Waals surface area contributed by atoms with Gasteiger partial charge in [0.05, 0.1) is 43.7 Å². The summed E-state index contributed by atoms with van der Waals surface area (Å²) in [4.78, 5) is 32.5. The summed E-state index contributed by atoms with van der Waals surface area (Å²) in [6.07, 6.45) is 1.58. The first-order valence-corrected chi connectivity index (χ1v) is 11.7. The van der Waals surface area contributed by atoms with Crippen LogP contribution in [0.3, 0.4) is 0 Å². The van der Waals surface area contributed by atoms with Gasteiger partial charge in [0.1, 0.15) is 29.0 Å². The highest BCUT2D eigenvalue weighted by atomic mass is 16.5. The predicted octanol–water partition coefficient (Wildman–Crippen LogP) is 4.51. The van der Waals surface area contributed by atoms with Gasteiger partial charge in [-0.3, -0.25) is 14.6 Å². The average molecular weight is 489 g/mol. The lowest BCUT2D eigenvalue weighted by molar-refractivity contribution is -0.140. The number of amides is 1. The van der Waals surface area contributed by atoms with Crippen LogP contribution < -0.4 is 14.2 Å². The van der Waals surface area contributed by atoms with Gasteiger partial charge < -0.3 is 24.2 Å². The maximum Gasteiger partial charge on any atom is 0.296 e. The lowest BCUT2D eigenvalue weighted by Gasteiger charge is -2.25. The van der Waals surface area contributed by atoms with Crippen LogP contribution in [0.5, 0.6) is 17.2 Å². The molecule has 3 aromatic rings. The fourth-order valence-electron chi connectivity index (χ4n) is 4.28. The van der Waals surface area contributed by atoms with Crippen molar-refractivity contribution in [3.05, 3.63) is 89.3 Å². The Morgan fingerprint density at radius 2 is 1.72 bits per heavy atom. The monoisotopic (exact) mass is 488 g/mol. The molecule has 186 valence electrons. The van der Waals surface area contributed by atoms with Gasteiger partial charge in [-0.05, 0) is 44.2 Å². The molecule has 8 nitrogen and oxygen atoms in total. The van der Waals surface area contributed by atoms with Gasteiger partial charge in [0.25, 0.3) is 11.7 Å². The van der Waals surface area contributed by atoms with E-state index in [1.54, 1.807) is 55.8 Å². The summed E-state index contributed by atoms with van der Waals surface area (Å²) in [7, 11) is 1.55. The molecule has 1 aromatic heterocycles. The Bertz CT molecular complexity index is 1290. The summed E-state index contributed by atoms with van der Waals surface area (Å²) in [5, 5.41) is 11.5. The number of carbonyl (C=O) groups excluding carboxylic acids is 2. The van der Waals surface area contributed by atoms with Gasteiger partial charge in [0.2, 0.25) is 0 Å². The number of methoxy groups -OCH3 is 1. The lowest BCUT2D eigenvalue weighted by atomic mass is 9.97. The number of pyridine rings is 1. The lowest BCUT2D eigenvalue weighted by Crippen LogP contribution is -2.29. The highest BCUT2D eigenvalue weighted by Gasteiger charge is 2.47. The molecule has 1 atom stereocenters. The quantitative estimate of drug-likeness (QED) is 0.269. The molecule has 1 amide bonds. The average Bonchev–Trinajstić information content (AvgIpc) is 3.14. The number of aromatic nitrogens is 1. The van der Waals surface area contributed by atoms with Crippen molar-refractivity contribution in [1.82, 2.24) is 9.88 Å². The Morgan fingerprint density at radius 1 is 0.972 bits per heavy atom. The minimum absolute atomic E-state index is 0.0567. The molecule has 0 radical (unpaired) electrons. The Hall–Kier alpha value is -4.33. The van der Waals surface area contributed by atoms with Crippen LogP contribution in [0.1, 0.15) is 36.7 Å². The molecule has 4 rings (SSSR count). The Kier molecular flexibility index (Phi) is 7.53. The standard InChI is InChI=1S/C28H28N2O6/c1-4-35-19-13-14-20(23(16-19)36-5-2)26(31)24-25(21-11-8-9-15-29-21)30(28(33)27(24)32)17-18-10-6-7-12-22(18)34-3/h6-16,25,31H,4-5,17H2,1-3H3/b26-24-. The fraction of sp³-hybridized carbons (Fsp3) is 0.250. The zero-order valence-electron chi connectivity index (χ0n) is 20.4. The summed E-state index contributed by atoms with van der Waals surface area (Å²) < 4.78 is 16.8. The molecule has 0 spiro atoms. The number of rotatable bonds is 9. The van der Waals surface area contributed by atoms with E-state index in [0.29, 0.717) is 36.2 Å². The number of ether oxygens (including phenoxy) is 3. The topological polar surface area (TPSA) is 98.2 Å². The minimum atomic E-state index is -0.905. The highest BCUT2D eigenvalue weighted by Crippen LogP contribution is 2.42. The molecule has 2 heterocycles.